The minimum Gasteiger partial charge on any atom is -0.380 e. The van der Waals surface area contributed by atoms with E-state index < -0.39 is 0 Å². The highest BCUT2D eigenvalue weighted by Crippen LogP contribution is 2.26. The quantitative estimate of drug-likeness (QED) is 0.847. The lowest BCUT2D eigenvalue weighted by Gasteiger charge is -2.11. The molecule has 0 unspecified atom stereocenters. The monoisotopic (exact) mass is 302 g/mol. The number of hydrogen-bond acceptors (Lipinski definition) is 2. The van der Waals surface area contributed by atoms with Gasteiger partial charge in [-0.15, -0.1) is 0 Å². The second-order valence-corrected chi connectivity index (χ2v) is 5.34. The summed E-state index contributed by atoms with van der Waals surface area (Å²) in [5.41, 5.74) is 3.98. The minimum atomic E-state index is -0.0122. The van der Waals surface area contributed by atoms with Crippen LogP contribution in [0.2, 0.25) is 5.02 Å². The normalized spacial score (nSPS) is 10.2. The van der Waals surface area contributed by atoms with Gasteiger partial charge in [-0.2, -0.15) is 0 Å². The molecule has 0 aromatic heterocycles. The summed E-state index contributed by atoms with van der Waals surface area (Å²) in [5, 5.41) is 6.76. The summed E-state index contributed by atoms with van der Waals surface area (Å²) in [6.07, 6.45) is 0.453. The zero-order valence-corrected chi connectivity index (χ0v) is 13.0. The second kappa shape index (κ2) is 7.14. The molecular formula is C17H19ClN2O. The molecule has 0 saturated heterocycles. The van der Waals surface area contributed by atoms with Crippen LogP contribution in [0.15, 0.2) is 42.5 Å². The summed E-state index contributed by atoms with van der Waals surface area (Å²) in [6.45, 7) is 4.57. The van der Waals surface area contributed by atoms with Gasteiger partial charge < -0.3 is 10.6 Å². The predicted octanol–water partition coefficient (Wildman–Crippen LogP) is 4.61. The van der Waals surface area contributed by atoms with Crippen LogP contribution in [0.25, 0.3) is 0 Å². The first-order valence-corrected chi connectivity index (χ1v) is 7.35. The highest BCUT2D eigenvalue weighted by Gasteiger charge is 2.04. The number of benzene rings is 2. The van der Waals surface area contributed by atoms with Crippen molar-refractivity contribution in [1.29, 1.82) is 0 Å². The molecule has 21 heavy (non-hydrogen) atoms. The minimum absolute atomic E-state index is 0.0122. The molecular weight excluding hydrogens is 284 g/mol. The molecule has 2 rings (SSSR count). The fourth-order valence-electron chi connectivity index (χ4n) is 1.89. The molecule has 0 bridgehead atoms. The van der Waals surface area contributed by atoms with Gasteiger partial charge in [0.25, 0.3) is 0 Å². The molecule has 110 valence electrons. The number of halogens is 1. The van der Waals surface area contributed by atoms with Crippen molar-refractivity contribution < 1.29 is 4.79 Å². The lowest BCUT2D eigenvalue weighted by molar-refractivity contribution is -0.115. The van der Waals surface area contributed by atoms with Crippen LogP contribution in [-0.2, 0) is 11.3 Å². The first kappa shape index (κ1) is 15.4. The van der Waals surface area contributed by atoms with Gasteiger partial charge in [-0.05, 0) is 30.7 Å². The molecule has 0 spiro atoms. The van der Waals surface area contributed by atoms with Crippen molar-refractivity contribution in [2.75, 3.05) is 10.6 Å². The third-order valence-corrected chi connectivity index (χ3v) is 3.50. The molecule has 0 aliphatic rings. The van der Waals surface area contributed by atoms with Gasteiger partial charge in [0.05, 0.1) is 10.7 Å². The van der Waals surface area contributed by atoms with Crippen molar-refractivity contribution in [2.24, 2.45) is 0 Å². The maximum atomic E-state index is 11.4. The van der Waals surface area contributed by atoms with E-state index in [0.717, 1.165) is 11.4 Å². The first-order valence-electron chi connectivity index (χ1n) is 6.97. The molecule has 2 aromatic carbocycles. The molecule has 1 amide bonds. The van der Waals surface area contributed by atoms with Gasteiger partial charge in [0, 0.05) is 18.7 Å². The van der Waals surface area contributed by atoms with Crippen LogP contribution in [-0.4, -0.2) is 5.91 Å². The van der Waals surface area contributed by atoms with Crippen molar-refractivity contribution in [3.63, 3.8) is 0 Å². The van der Waals surface area contributed by atoms with Gasteiger partial charge in [0.1, 0.15) is 0 Å². The summed E-state index contributed by atoms with van der Waals surface area (Å²) >= 11 is 6.18. The smallest absolute Gasteiger partial charge is 0.224 e. The molecule has 4 heteroatoms. The van der Waals surface area contributed by atoms with Crippen molar-refractivity contribution in [2.45, 2.75) is 26.8 Å². The molecule has 0 fully saturated rings. The highest BCUT2D eigenvalue weighted by atomic mass is 35.5. The number of carbonyl (C=O) groups excluding carboxylic acids is 1. The van der Waals surface area contributed by atoms with Crippen molar-refractivity contribution in [1.82, 2.24) is 0 Å². The lowest BCUT2D eigenvalue weighted by atomic mass is 10.1. The maximum Gasteiger partial charge on any atom is 0.224 e. The SMILES string of the molecule is CCC(=O)Nc1ccc(Cl)c(NCc2ccc(C)cc2)c1. The number of amides is 1. The van der Waals surface area contributed by atoms with E-state index in [1.807, 2.05) is 13.0 Å². The Morgan fingerprint density at radius 3 is 2.52 bits per heavy atom. The van der Waals surface area contributed by atoms with Gasteiger partial charge in [0.15, 0.2) is 0 Å². The van der Waals surface area contributed by atoms with Crippen LogP contribution in [0.4, 0.5) is 11.4 Å². The third-order valence-electron chi connectivity index (χ3n) is 3.17. The third kappa shape index (κ3) is 4.50. The Bertz CT molecular complexity index is 623. The van der Waals surface area contributed by atoms with Crippen molar-refractivity contribution >= 4 is 28.9 Å². The topological polar surface area (TPSA) is 41.1 Å². The molecule has 0 aliphatic carbocycles. The van der Waals surface area contributed by atoms with Gasteiger partial charge in [-0.25, -0.2) is 0 Å². The van der Waals surface area contributed by atoms with E-state index in [0.29, 0.717) is 18.0 Å². The van der Waals surface area contributed by atoms with E-state index >= 15 is 0 Å². The molecule has 0 saturated carbocycles. The van der Waals surface area contributed by atoms with Gasteiger partial charge in [-0.3, -0.25) is 4.79 Å². The lowest BCUT2D eigenvalue weighted by Crippen LogP contribution is -2.09. The van der Waals surface area contributed by atoms with Gasteiger partial charge in [0.2, 0.25) is 5.91 Å². The van der Waals surface area contributed by atoms with Crippen LogP contribution in [0, 0.1) is 6.92 Å². The molecule has 0 atom stereocenters. The van der Waals surface area contributed by atoms with Crippen molar-refractivity contribution in [3.05, 3.63) is 58.6 Å². The van der Waals surface area contributed by atoms with Gasteiger partial charge in [-0.1, -0.05) is 48.4 Å². The predicted molar refractivity (Wildman–Crippen MR) is 88.9 cm³/mol. The van der Waals surface area contributed by atoms with Gasteiger partial charge >= 0.3 is 0 Å². The van der Waals surface area contributed by atoms with E-state index in [4.69, 9.17) is 11.6 Å². The van der Waals surface area contributed by atoms with E-state index in [9.17, 15) is 4.79 Å². The second-order valence-electron chi connectivity index (χ2n) is 4.94. The molecule has 2 N–H and O–H groups in total. The number of carbonyl (C=O) groups is 1. The molecule has 3 nitrogen and oxygen atoms in total. The van der Waals surface area contributed by atoms with Crippen molar-refractivity contribution in [3.8, 4) is 0 Å². The zero-order chi connectivity index (χ0) is 15.2. The number of rotatable bonds is 5. The van der Waals surface area contributed by atoms with Crippen LogP contribution < -0.4 is 10.6 Å². The van der Waals surface area contributed by atoms with Crippen LogP contribution in [0.1, 0.15) is 24.5 Å². The summed E-state index contributed by atoms with van der Waals surface area (Å²) in [7, 11) is 0. The average Bonchev–Trinajstić information content (AvgIpc) is 2.49. The Hall–Kier alpha value is -2.00. The summed E-state index contributed by atoms with van der Waals surface area (Å²) in [5.74, 6) is -0.0122. The number of hydrogen-bond donors (Lipinski definition) is 2. The Balaban J connectivity index is 2.06. The number of nitrogens with one attached hydrogen (secondary N) is 2. The van der Waals surface area contributed by atoms with E-state index in [2.05, 4.69) is 41.8 Å². The standard InChI is InChI=1S/C17H19ClN2O/c1-3-17(21)20-14-8-9-15(18)16(10-14)19-11-13-6-4-12(2)5-7-13/h4-10,19H,3,11H2,1-2H3,(H,20,21). The molecule has 0 aliphatic heterocycles. The summed E-state index contributed by atoms with van der Waals surface area (Å²) < 4.78 is 0. The van der Waals surface area contributed by atoms with Crippen LogP contribution >= 0.6 is 11.6 Å². The molecule has 0 heterocycles. The fraction of sp³-hybridized carbons (Fsp3) is 0.235. The Morgan fingerprint density at radius 1 is 1.14 bits per heavy atom. The zero-order valence-electron chi connectivity index (χ0n) is 12.2. The Kier molecular flexibility index (Phi) is 5.23. The maximum absolute atomic E-state index is 11.4. The number of anilines is 2. The number of aryl methyl sites for hydroxylation is 1. The highest BCUT2D eigenvalue weighted by molar-refractivity contribution is 6.33. The summed E-state index contributed by atoms with van der Waals surface area (Å²) in [6, 6.07) is 13.8. The Morgan fingerprint density at radius 2 is 1.86 bits per heavy atom. The first-order chi connectivity index (χ1) is 10.1. The van der Waals surface area contributed by atoms with E-state index in [1.165, 1.54) is 11.1 Å². The fourth-order valence-corrected chi connectivity index (χ4v) is 2.08. The molecule has 2 aromatic rings. The van der Waals surface area contributed by atoms with E-state index in [-0.39, 0.29) is 5.91 Å². The largest absolute Gasteiger partial charge is 0.380 e. The molecule has 0 radical (unpaired) electrons. The van der Waals surface area contributed by atoms with Crippen LogP contribution in [0.3, 0.4) is 0 Å². The van der Waals surface area contributed by atoms with Crippen LogP contribution in [0.5, 0.6) is 0 Å². The van der Waals surface area contributed by atoms with E-state index in [1.54, 1.807) is 12.1 Å². The Labute approximate surface area is 130 Å². The average molecular weight is 303 g/mol. The summed E-state index contributed by atoms with van der Waals surface area (Å²) in [4.78, 5) is 11.4.